The predicted molar refractivity (Wildman–Crippen MR) is 105 cm³/mol. The van der Waals surface area contributed by atoms with Crippen LogP contribution in [0.25, 0.3) is 0 Å². The van der Waals surface area contributed by atoms with Crippen LogP contribution < -0.4 is 9.62 Å². The van der Waals surface area contributed by atoms with Gasteiger partial charge < -0.3 is 4.90 Å². The second-order valence-electron chi connectivity index (χ2n) is 6.69. The Hall–Kier alpha value is -2.34. The summed E-state index contributed by atoms with van der Waals surface area (Å²) in [7, 11) is -3.49. The topological polar surface area (TPSA) is 66.5 Å². The van der Waals surface area contributed by atoms with Crippen molar-refractivity contribution < 1.29 is 13.2 Å². The molecule has 1 N–H and O–H groups in total. The SMILES string of the molecule is CCC(=O)N1CCCc2cc(NS(=O)(=O)Cc3ccc(C)cc3)ccc21. The molecule has 0 fully saturated rings. The van der Waals surface area contributed by atoms with Crippen molar-refractivity contribution in [2.75, 3.05) is 16.2 Å². The smallest absolute Gasteiger partial charge is 0.236 e. The number of rotatable bonds is 5. The van der Waals surface area contributed by atoms with Crippen LogP contribution >= 0.6 is 0 Å². The third kappa shape index (κ3) is 4.25. The van der Waals surface area contributed by atoms with E-state index >= 15 is 0 Å². The van der Waals surface area contributed by atoms with Crippen LogP contribution in [0.3, 0.4) is 0 Å². The number of sulfonamides is 1. The average molecular weight is 372 g/mol. The minimum absolute atomic E-state index is 0.0647. The van der Waals surface area contributed by atoms with Gasteiger partial charge in [-0.15, -0.1) is 0 Å². The van der Waals surface area contributed by atoms with Gasteiger partial charge in [0.25, 0.3) is 0 Å². The maximum atomic E-state index is 12.5. The Morgan fingerprint density at radius 1 is 1.15 bits per heavy atom. The summed E-state index contributed by atoms with van der Waals surface area (Å²) in [6.45, 7) is 4.54. The second-order valence-corrected chi connectivity index (χ2v) is 8.42. The van der Waals surface area contributed by atoms with E-state index in [0.717, 1.165) is 41.8 Å². The number of anilines is 2. The highest BCUT2D eigenvalue weighted by Crippen LogP contribution is 2.30. The molecular formula is C20H24N2O3S. The molecule has 0 saturated carbocycles. The summed E-state index contributed by atoms with van der Waals surface area (Å²) in [5.74, 6) is 0.0313. The fraction of sp³-hybridized carbons (Fsp3) is 0.350. The molecule has 2 aromatic carbocycles. The maximum Gasteiger partial charge on any atom is 0.236 e. The number of fused-ring (bicyclic) bond motifs is 1. The van der Waals surface area contributed by atoms with Crippen molar-refractivity contribution >= 4 is 27.3 Å². The van der Waals surface area contributed by atoms with Gasteiger partial charge in [-0.1, -0.05) is 36.8 Å². The van der Waals surface area contributed by atoms with Gasteiger partial charge >= 0.3 is 0 Å². The van der Waals surface area contributed by atoms with Crippen molar-refractivity contribution in [3.05, 3.63) is 59.2 Å². The molecule has 0 aliphatic carbocycles. The van der Waals surface area contributed by atoms with Crippen molar-refractivity contribution in [3.63, 3.8) is 0 Å². The number of carbonyl (C=O) groups is 1. The normalized spacial score (nSPS) is 14.0. The number of nitrogens with one attached hydrogen (secondary N) is 1. The van der Waals surface area contributed by atoms with Crippen molar-refractivity contribution in [1.29, 1.82) is 0 Å². The van der Waals surface area contributed by atoms with E-state index in [2.05, 4.69) is 4.72 Å². The van der Waals surface area contributed by atoms with Gasteiger partial charge in [0.1, 0.15) is 0 Å². The first-order valence-corrected chi connectivity index (χ1v) is 10.5. The molecule has 26 heavy (non-hydrogen) atoms. The molecule has 1 amide bonds. The molecule has 5 nitrogen and oxygen atoms in total. The highest BCUT2D eigenvalue weighted by atomic mass is 32.2. The summed E-state index contributed by atoms with van der Waals surface area (Å²) in [5.41, 5.74) is 4.29. The third-order valence-corrected chi connectivity index (χ3v) is 5.81. The van der Waals surface area contributed by atoms with Crippen LogP contribution in [0.2, 0.25) is 0 Å². The molecule has 1 aliphatic heterocycles. The van der Waals surface area contributed by atoms with Crippen LogP contribution in [0.1, 0.15) is 36.5 Å². The molecule has 1 heterocycles. The summed E-state index contributed by atoms with van der Waals surface area (Å²) < 4.78 is 27.6. The molecule has 3 rings (SSSR count). The molecule has 138 valence electrons. The van der Waals surface area contributed by atoms with E-state index < -0.39 is 10.0 Å². The Morgan fingerprint density at radius 2 is 1.88 bits per heavy atom. The van der Waals surface area contributed by atoms with E-state index in [9.17, 15) is 13.2 Å². The van der Waals surface area contributed by atoms with Gasteiger partial charge in [0.2, 0.25) is 15.9 Å². The Labute approximate surface area is 155 Å². The van der Waals surface area contributed by atoms with E-state index in [1.54, 1.807) is 11.0 Å². The van der Waals surface area contributed by atoms with Gasteiger partial charge in [0.15, 0.2) is 0 Å². The van der Waals surface area contributed by atoms with E-state index in [4.69, 9.17) is 0 Å². The largest absolute Gasteiger partial charge is 0.312 e. The monoisotopic (exact) mass is 372 g/mol. The standard InChI is InChI=1S/C20H24N2O3S/c1-3-20(23)22-12-4-5-17-13-18(10-11-19(17)22)21-26(24,25)14-16-8-6-15(2)7-9-16/h6-11,13,21H,3-5,12,14H2,1-2H3. The summed E-state index contributed by atoms with van der Waals surface area (Å²) >= 11 is 0. The number of carbonyl (C=O) groups excluding carboxylic acids is 1. The first-order valence-electron chi connectivity index (χ1n) is 8.87. The zero-order valence-electron chi connectivity index (χ0n) is 15.2. The Bertz CT molecular complexity index is 905. The van der Waals surface area contributed by atoms with Gasteiger partial charge in [-0.05, 0) is 49.1 Å². The lowest BCUT2D eigenvalue weighted by molar-refractivity contribution is -0.118. The average Bonchev–Trinajstić information content (AvgIpc) is 2.61. The van der Waals surface area contributed by atoms with Crippen LogP contribution in [0.15, 0.2) is 42.5 Å². The molecule has 0 unspecified atom stereocenters. The summed E-state index contributed by atoms with van der Waals surface area (Å²) in [4.78, 5) is 13.9. The fourth-order valence-corrected chi connectivity index (χ4v) is 4.42. The lowest BCUT2D eigenvalue weighted by Gasteiger charge is -2.29. The molecule has 0 spiro atoms. The van der Waals surface area contributed by atoms with E-state index in [-0.39, 0.29) is 11.7 Å². The summed E-state index contributed by atoms with van der Waals surface area (Å²) in [6, 6.07) is 12.9. The number of hydrogen-bond acceptors (Lipinski definition) is 3. The van der Waals surface area contributed by atoms with Crippen LogP contribution in [0, 0.1) is 6.92 Å². The number of aryl methyl sites for hydroxylation is 2. The molecule has 0 atom stereocenters. The number of hydrogen-bond donors (Lipinski definition) is 1. The first kappa shape index (κ1) is 18.5. The molecule has 0 radical (unpaired) electrons. The van der Waals surface area contributed by atoms with Crippen molar-refractivity contribution in [1.82, 2.24) is 0 Å². The van der Waals surface area contributed by atoms with Crippen LogP contribution in [-0.2, 0) is 27.0 Å². The zero-order chi connectivity index (χ0) is 18.7. The molecule has 0 bridgehead atoms. The third-order valence-electron chi connectivity index (χ3n) is 4.55. The van der Waals surface area contributed by atoms with E-state index in [0.29, 0.717) is 12.1 Å². The van der Waals surface area contributed by atoms with Crippen molar-refractivity contribution in [2.45, 2.75) is 38.9 Å². The first-order chi connectivity index (χ1) is 12.4. The molecule has 1 aliphatic rings. The lowest BCUT2D eigenvalue weighted by atomic mass is 10.0. The zero-order valence-corrected chi connectivity index (χ0v) is 16.0. The summed E-state index contributed by atoms with van der Waals surface area (Å²) in [6.07, 6.45) is 2.19. The van der Waals surface area contributed by atoms with Gasteiger partial charge in [0, 0.05) is 24.3 Å². The number of amides is 1. The van der Waals surface area contributed by atoms with Gasteiger partial charge in [-0.3, -0.25) is 9.52 Å². The van der Waals surface area contributed by atoms with Crippen LogP contribution in [-0.4, -0.2) is 20.9 Å². The minimum Gasteiger partial charge on any atom is -0.312 e. The van der Waals surface area contributed by atoms with Gasteiger partial charge in [-0.25, -0.2) is 8.42 Å². The molecule has 2 aromatic rings. The predicted octanol–water partition coefficient (Wildman–Crippen LogP) is 3.63. The van der Waals surface area contributed by atoms with Crippen molar-refractivity contribution in [2.24, 2.45) is 0 Å². The van der Waals surface area contributed by atoms with E-state index in [1.165, 1.54) is 0 Å². The molecular weight excluding hydrogens is 348 g/mol. The Kier molecular flexibility index (Phi) is 5.32. The van der Waals surface area contributed by atoms with Crippen molar-refractivity contribution in [3.8, 4) is 0 Å². The number of benzene rings is 2. The molecule has 0 aromatic heterocycles. The number of nitrogens with zero attached hydrogens (tertiary/aromatic N) is 1. The quantitative estimate of drug-likeness (QED) is 0.872. The minimum atomic E-state index is -3.49. The van der Waals surface area contributed by atoms with Gasteiger partial charge in [-0.2, -0.15) is 0 Å². The molecule has 0 saturated heterocycles. The lowest BCUT2D eigenvalue weighted by Crippen LogP contribution is -2.34. The van der Waals surface area contributed by atoms with Crippen LogP contribution in [0.5, 0.6) is 0 Å². The van der Waals surface area contributed by atoms with Gasteiger partial charge in [0.05, 0.1) is 5.75 Å². The Balaban J connectivity index is 1.78. The van der Waals surface area contributed by atoms with E-state index in [1.807, 2.05) is 50.2 Å². The second kappa shape index (κ2) is 7.50. The van der Waals surface area contributed by atoms with Crippen LogP contribution in [0.4, 0.5) is 11.4 Å². The highest BCUT2D eigenvalue weighted by molar-refractivity contribution is 7.91. The summed E-state index contributed by atoms with van der Waals surface area (Å²) in [5, 5.41) is 0. The highest BCUT2D eigenvalue weighted by Gasteiger charge is 2.22. The Morgan fingerprint density at radius 3 is 2.58 bits per heavy atom. The fourth-order valence-electron chi connectivity index (χ4n) is 3.23. The molecule has 6 heteroatoms. The maximum absolute atomic E-state index is 12.5.